The maximum Gasteiger partial charge on any atom is 0.415 e. The standard InChI is InChI=1S/C28H39NO7/c1-4-6-9-18-33-19-16-29(28(32)36-25-11-8-7-10-22(25)3)17-20-35-24-14-12-23(13-15-24)21-26(27(30)31)34-5-2/h7-8,10-15,26H,4-6,9,16-21H2,1-3H3,(H,30,31). The van der Waals surface area contributed by atoms with Gasteiger partial charge in [0.2, 0.25) is 0 Å². The lowest BCUT2D eigenvalue weighted by atomic mass is 10.1. The van der Waals surface area contributed by atoms with Crippen LogP contribution in [0.1, 0.15) is 44.2 Å². The predicted octanol–water partition coefficient (Wildman–Crippen LogP) is 5.11. The van der Waals surface area contributed by atoms with Gasteiger partial charge in [-0.15, -0.1) is 0 Å². The van der Waals surface area contributed by atoms with Crippen LogP contribution in [0.5, 0.6) is 11.5 Å². The van der Waals surface area contributed by atoms with Gasteiger partial charge in [0.25, 0.3) is 0 Å². The van der Waals surface area contributed by atoms with Crippen LogP contribution in [0.4, 0.5) is 4.79 Å². The Labute approximate surface area is 214 Å². The molecule has 36 heavy (non-hydrogen) atoms. The first-order chi connectivity index (χ1) is 17.4. The molecule has 0 aliphatic carbocycles. The van der Waals surface area contributed by atoms with Gasteiger partial charge in [-0.05, 0) is 49.6 Å². The number of carboxylic acid groups (broad SMARTS) is 1. The molecule has 0 radical (unpaired) electrons. The fraction of sp³-hybridized carbons (Fsp3) is 0.500. The normalized spacial score (nSPS) is 11.6. The molecule has 1 N–H and O–H groups in total. The Morgan fingerprint density at radius 1 is 0.944 bits per heavy atom. The van der Waals surface area contributed by atoms with Gasteiger partial charge in [0.1, 0.15) is 18.1 Å². The molecular formula is C28H39NO7. The molecule has 1 amide bonds. The zero-order chi connectivity index (χ0) is 26.2. The molecule has 198 valence electrons. The molecule has 0 fully saturated rings. The first-order valence-corrected chi connectivity index (χ1v) is 12.6. The summed E-state index contributed by atoms with van der Waals surface area (Å²) in [5, 5.41) is 9.26. The van der Waals surface area contributed by atoms with Gasteiger partial charge >= 0.3 is 12.1 Å². The van der Waals surface area contributed by atoms with Crippen molar-refractivity contribution in [3.63, 3.8) is 0 Å². The third-order valence-corrected chi connectivity index (χ3v) is 5.56. The van der Waals surface area contributed by atoms with E-state index in [-0.39, 0.29) is 13.0 Å². The van der Waals surface area contributed by atoms with Crippen LogP contribution in [0, 0.1) is 6.92 Å². The Kier molecular flexibility index (Phi) is 13.4. The number of benzene rings is 2. The molecule has 2 rings (SSSR count). The summed E-state index contributed by atoms with van der Waals surface area (Å²) in [7, 11) is 0. The van der Waals surface area contributed by atoms with Crippen LogP contribution < -0.4 is 9.47 Å². The number of carboxylic acids is 1. The number of aryl methyl sites for hydroxylation is 1. The lowest BCUT2D eigenvalue weighted by Gasteiger charge is -2.22. The van der Waals surface area contributed by atoms with Gasteiger partial charge in [0.05, 0.1) is 13.2 Å². The second kappa shape index (κ2) is 16.5. The molecule has 0 aliphatic heterocycles. The predicted molar refractivity (Wildman–Crippen MR) is 138 cm³/mol. The zero-order valence-electron chi connectivity index (χ0n) is 21.6. The van der Waals surface area contributed by atoms with Crippen LogP contribution in [0.3, 0.4) is 0 Å². The Morgan fingerprint density at radius 3 is 2.33 bits per heavy atom. The number of rotatable bonds is 17. The van der Waals surface area contributed by atoms with Crippen molar-refractivity contribution in [1.82, 2.24) is 4.90 Å². The monoisotopic (exact) mass is 501 g/mol. The highest BCUT2D eigenvalue weighted by Crippen LogP contribution is 2.18. The number of ether oxygens (including phenoxy) is 4. The molecule has 0 saturated heterocycles. The molecular weight excluding hydrogens is 462 g/mol. The van der Waals surface area contributed by atoms with Gasteiger partial charge in [-0.1, -0.05) is 50.1 Å². The molecule has 0 heterocycles. The van der Waals surface area contributed by atoms with Gasteiger partial charge in [0.15, 0.2) is 6.10 Å². The van der Waals surface area contributed by atoms with Gasteiger partial charge in [-0.25, -0.2) is 9.59 Å². The Morgan fingerprint density at radius 2 is 1.67 bits per heavy atom. The van der Waals surface area contributed by atoms with E-state index in [1.807, 2.05) is 37.3 Å². The summed E-state index contributed by atoms with van der Waals surface area (Å²) in [5.41, 5.74) is 1.72. The minimum Gasteiger partial charge on any atom is -0.492 e. The van der Waals surface area contributed by atoms with E-state index in [9.17, 15) is 14.7 Å². The molecule has 0 aliphatic rings. The fourth-order valence-electron chi connectivity index (χ4n) is 3.48. The number of aliphatic carboxylic acids is 1. The zero-order valence-corrected chi connectivity index (χ0v) is 21.6. The van der Waals surface area contributed by atoms with Crippen molar-refractivity contribution >= 4 is 12.1 Å². The van der Waals surface area contributed by atoms with Gasteiger partial charge in [-0.2, -0.15) is 0 Å². The van der Waals surface area contributed by atoms with E-state index in [4.69, 9.17) is 18.9 Å². The molecule has 8 heteroatoms. The number of para-hydroxylation sites is 1. The molecule has 0 bridgehead atoms. The molecule has 2 aromatic rings. The molecule has 1 unspecified atom stereocenters. The van der Waals surface area contributed by atoms with E-state index in [0.29, 0.717) is 44.4 Å². The Bertz CT molecular complexity index is 916. The van der Waals surface area contributed by atoms with Gasteiger partial charge in [0, 0.05) is 26.2 Å². The van der Waals surface area contributed by atoms with Crippen LogP contribution in [0.2, 0.25) is 0 Å². The van der Waals surface area contributed by atoms with Crippen molar-refractivity contribution in [2.75, 3.05) is 39.5 Å². The third-order valence-electron chi connectivity index (χ3n) is 5.56. The topological polar surface area (TPSA) is 94.5 Å². The van der Waals surface area contributed by atoms with Crippen molar-refractivity contribution in [1.29, 1.82) is 0 Å². The Balaban J connectivity index is 1.90. The van der Waals surface area contributed by atoms with Crippen molar-refractivity contribution in [3.05, 3.63) is 59.7 Å². The highest BCUT2D eigenvalue weighted by Gasteiger charge is 2.19. The Hall–Kier alpha value is -3.10. The first-order valence-electron chi connectivity index (χ1n) is 12.6. The molecule has 0 aromatic heterocycles. The molecule has 0 spiro atoms. The number of hydrogen-bond acceptors (Lipinski definition) is 6. The number of carbonyl (C=O) groups is 2. The average molecular weight is 502 g/mol. The largest absolute Gasteiger partial charge is 0.492 e. The number of nitrogens with zero attached hydrogens (tertiary/aromatic N) is 1. The lowest BCUT2D eigenvalue weighted by Crippen LogP contribution is -2.39. The van der Waals surface area contributed by atoms with Crippen molar-refractivity contribution in [2.45, 2.75) is 52.6 Å². The summed E-state index contributed by atoms with van der Waals surface area (Å²) in [6.45, 7) is 8.23. The lowest BCUT2D eigenvalue weighted by molar-refractivity contribution is -0.149. The number of hydrogen-bond donors (Lipinski definition) is 1. The molecule has 8 nitrogen and oxygen atoms in total. The van der Waals surface area contributed by atoms with Crippen LogP contribution in [-0.4, -0.2) is 67.7 Å². The van der Waals surface area contributed by atoms with Gasteiger partial charge in [-0.3, -0.25) is 0 Å². The fourth-order valence-corrected chi connectivity index (χ4v) is 3.48. The van der Waals surface area contributed by atoms with Crippen molar-refractivity contribution in [2.24, 2.45) is 0 Å². The van der Waals surface area contributed by atoms with Crippen molar-refractivity contribution in [3.8, 4) is 11.5 Å². The van der Waals surface area contributed by atoms with E-state index >= 15 is 0 Å². The van der Waals surface area contributed by atoms with Crippen LogP contribution in [0.25, 0.3) is 0 Å². The molecule has 2 aromatic carbocycles. The van der Waals surface area contributed by atoms with Gasteiger partial charge < -0.3 is 29.0 Å². The highest BCUT2D eigenvalue weighted by atomic mass is 16.6. The third kappa shape index (κ3) is 10.7. The average Bonchev–Trinajstić information content (AvgIpc) is 2.87. The highest BCUT2D eigenvalue weighted by molar-refractivity contribution is 5.72. The summed E-state index contributed by atoms with van der Waals surface area (Å²) >= 11 is 0. The second-order valence-electron chi connectivity index (χ2n) is 8.42. The van der Waals surface area contributed by atoms with Crippen molar-refractivity contribution < 1.29 is 33.6 Å². The van der Waals surface area contributed by atoms with E-state index in [1.54, 1.807) is 30.0 Å². The van der Waals surface area contributed by atoms with E-state index in [1.165, 1.54) is 0 Å². The van der Waals surface area contributed by atoms with E-state index in [0.717, 1.165) is 30.4 Å². The van der Waals surface area contributed by atoms with Crippen LogP contribution in [-0.2, 0) is 20.7 Å². The molecule has 0 saturated carbocycles. The minimum atomic E-state index is -0.982. The minimum absolute atomic E-state index is 0.273. The second-order valence-corrected chi connectivity index (χ2v) is 8.42. The summed E-state index contributed by atoms with van der Waals surface area (Å²) in [5.74, 6) is 0.175. The summed E-state index contributed by atoms with van der Waals surface area (Å²) in [6, 6.07) is 14.6. The maximum atomic E-state index is 12.9. The number of carbonyl (C=O) groups excluding carboxylic acids is 1. The van der Waals surface area contributed by atoms with Crippen LogP contribution in [0.15, 0.2) is 48.5 Å². The quantitative estimate of drug-likeness (QED) is 0.301. The molecule has 1 atom stereocenters. The number of unbranched alkanes of at least 4 members (excludes halogenated alkanes) is 2. The summed E-state index contributed by atoms with van der Waals surface area (Å²) < 4.78 is 22.4. The van der Waals surface area contributed by atoms with E-state index < -0.39 is 18.2 Å². The van der Waals surface area contributed by atoms with Crippen LogP contribution >= 0.6 is 0 Å². The SMILES string of the molecule is CCCCCOCCN(CCOc1ccc(CC(OCC)C(=O)O)cc1)C(=O)Oc1ccccc1C. The maximum absolute atomic E-state index is 12.9. The smallest absolute Gasteiger partial charge is 0.415 e. The number of amides is 1. The summed E-state index contributed by atoms with van der Waals surface area (Å²) in [6.07, 6.45) is 2.20. The van der Waals surface area contributed by atoms with E-state index in [2.05, 4.69) is 6.92 Å². The summed E-state index contributed by atoms with van der Waals surface area (Å²) in [4.78, 5) is 25.7. The first kappa shape index (κ1) is 29.1.